The number of rotatable bonds is 5. The van der Waals surface area contributed by atoms with Gasteiger partial charge in [-0.25, -0.2) is 0 Å². The van der Waals surface area contributed by atoms with E-state index < -0.39 is 0 Å². The minimum atomic E-state index is 0.0892. The van der Waals surface area contributed by atoms with E-state index in [0.29, 0.717) is 19.0 Å². The highest BCUT2D eigenvalue weighted by Gasteiger charge is 2.25. The molecule has 0 aromatic heterocycles. The predicted molar refractivity (Wildman–Crippen MR) is 56.0 cm³/mol. The summed E-state index contributed by atoms with van der Waals surface area (Å²) in [6, 6.07) is 0.404. The van der Waals surface area contributed by atoms with Gasteiger partial charge in [-0.05, 0) is 19.3 Å². The van der Waals surface area contributed by atoms with Crippen molar-refractivity contribution in [1.29, 1.82) is 0 Å². The summed E-state index contributed by atoms with van der Waals surface area (Å²) in [5.41, 5.74) is 0. The van der Waals surface area contributed by atoms with Crippen molar-refractivity contribution >= 4 is 5.91 Å². The molecule has 0 saturated heterocycles. The molecule has 0 aromatic rings. The number of hydrogen-bond donors (Lipinski definition) is 1. The number of carbonyl (C=O) groups excluding carboxylic acids is 1. The molecule has 1 N–H and O–H groups in total. The van der Waals surface area contributed by atoms with Gasteiger partial charge in [-0.1, -0.05) is 19.8 Å². The maximum Gasteiger partial charge on any atom is 0.222 e. The third kappa shape index (κ3) is 2.98. The molecule has 0 heterocycles. The van der Waals surface area contributed by atoms with Crippen LogP contribution in [-0.4, -0.2) is 35.1 Å². The maximum atomic E-state index is 11.7. The molecule has 0 bridgehead atoms. The van der Waals surface area contributed by atoms with E-state index in [2.05, 4.69) is 0 Å². The van der Waals surface area contributed by atoms with E-state index in [-0.39, 0.29) is 12.5 Å². The molecule has 0 spiro atoms. The Morgan fingerprint density at radius 2 is 2.07 bits per heavy atom. The van der Waals surface area contributed by atoms with Gasteiger partial charge in [-0.2, -0.15) is 0 Å². The third-order valence-corrected chi connectivity index (χ3v) is 2.89. The number of aliphatic hydroxyl groups is 1. The minimum absolute atomic E-state index is 0.0892. The maximum absolute atomic E-state index is 11.7. The summed E-state index contributed by atoms with van der Waals surface area (Å²) in [4.78, 5) is 13.6. The molecular formula is C11H21NO2. The Balaban J connectivity index is 2.48. The van der Waals surface area contributed by atoms with Crippen LogP contribution >= 0.6 is 0 Å². The molecule has 1 aliphatic rings. The van der Waals surface area contributed by atoms with Crippen molar-refractivity contribution in [3.8, 4) is 0 Å². The lowest BCUT2D eigenvalue weighted by Crippen LogP contribution is -2.40. The van der Waals surface area contributed by atoms with E-state index in [1.54, 1.807) is 0 Å². The van der Waals surface area contributed by atoms with Crippen LogP contribution in [0.5, 0.6) is 0 Å². The number of carbonyl (C=O) groups is 1. The predicted octanol–water partition coefficient (Wildman–Crippen LogP) is 1.55. The lowest BCUT2D eigenvalue weighted by Gasteiger charge is -2.28. The molecule has 0 aromatic carbocycles. The van der Waals surface area contributed by atoms with Crippen LogP contribution in [0.3, 0.4) is 0 Å². The van der Waals surface area contributed by atoms with Crippen LogP contribution in [0.1, 0.15) is 45.4 Å². The van der Waals surface area contributed by atoms with Crippen LogP contribution in [0.2, 0.25) is 0 Å². The fourth-order valence-corrected chi connectivity index (χ4v) is 2.19. The van der Waals surface area contributed by atoms with Crippen LogP contribution in [0.25, 0.3) is 0 Å². The summed E-state index contributed by atoms with van der Waals surface area (Å²) >= 11 is 0. The number of aliphatic hydroxyl groups excluding tert-OH is 1. The molecule has 82 valence electrons. The summed E-state index contributed by atoms with van der Waals surface area (Å²) in [7, 11) is 0. The largest absolute Gasteiger partial charge is 0.395 e. The van der Waals surface area contributed by atoms with E-state index in [0.717, 1.165) is 19.3 Å². The SMILES string of the molecule is CCCC(=O)N(CCO)C1CCCC1. The second-order valence-corrected chi connectivity index (χ2v) is 4.00. The second kappa shape index (κ2) is 6.02. The van der Waals surface area contributed by atoms with Gasteiger partial charge in [0.2, 0.25) is 5.91 Å². The van der Waals surface area contributed by atoms with Gasteiger partial charge in [0.15, 0.2) is 0 Å². The van der Waals surface area contributed by atoms with Crippen LogP contribution in [0, 0.1) is 0 Å². The average molecular weight is 199 g/mol. The molecule has 1 aliphatic carbocycles. The number of hydrogen-bond acceptors (Lipinski definition) is 2. The normalized spacial score (nSPS) is 17.3. The van der Waals surface area contributed by atoms with Crippen LogP contribution in [-0.2, 0) is 4.79 Å². The Morgan fingerprint density at radius 3 is 2.57 bits per heavy atom. The first-order chi connectivity index (χ1) is 6.79. The minimum Gasteiger partial charge on any atom is -0.395 e. The highest BCUT2D eigenvalue weighted by Crippen LogP contribution is 2.23. The van der Waals surface area contributed by atoms with E-state index in [9.17, 15) is 4.79 Å². The summed E-state index contributed by atoms with van der Waals surface area (Å²) < 4.78 is 0. The van der Waals surface area contributed by atoms with Crippen molar-refractivity contribution in [2.45, 2.75) is 51.5 Å². The van der Waals surface area contributed by atoms with Gasteiger partial charge >= 0.3 is 0 Å². The van der Waals surface area contributed by atoms with E-state index in [1.165, 1.54) is 12.8 Å². The first kappa shape index (κ1) is 11.5. The molecular weight excluding hydrogens is 178 g/mol. The molecule has 1 saturated carbocycles. The molecule has 3 nitrogen and oxygen atoms in total. The van der Waals surface area contributed by atoms with Gasteiger partial charge in [0.05, 0.1) is 6.61 Å². The highest BCUT2D eigenvalue weighted by molar-refractivity contribution is 5.76. The zero-order valence-electron chi connectivity index (χ0n) is 9.04. The smallest absolute Gasteiger partial charge is 0.222 e. The Morgan fingerprint density at radius 1 is 1.43 bits per heavy atom. The van der Waals surface area contributed by atoms with E-state index in [4.69, 9.17) is 5.11 Å². The lowest BCUT2D eigenvalue weighted by atomic mass is 10.2. The molecule has 0 unspecified atom stereocenters. The van der Waals surface area contributed by atoms with Gasteiger partial charge in [0.1, 0.15) is 0 Å². The van der Waals surface area contributed by atoms with Crippen LogP contribution < -0.4 is 0 Å². The van der Waals surface area contributed by atoms with E-state index >= 15 is 0 Å². The fourth-order valence-electron chi connectivity index (χ4n) is 2.19. The van der Waals surface area contributed by atoms with Crippen molar-refractivity contribution < 1.29 is 9.90 Å². The average Bonchev–Trinajstić information content (AvgIpc) is 2.67. The zero-order chi connectivity index (χ0) is 10.4. The van der Waals surface area contributed by atoms with Gasteiger partial charge in [0.25, 0.3) is 0 Å². The third-order valence-electron chi connectivity index (χ3n) is 2.89. The molecule has 3 heteroatoms. The first-order valence-electron chi connectivity index (χ1n) is 5.70. The Hall–Kier alpha value is -0.570. The van der Waals surface area contributed by atoms with Gasteiger partial charge in [-0.3, -0.25) is 4.79 Å². The van der Waals surface area contributed by atoms with Crippen molar-refractivity contribution in [3.63, 3.8) is 0 Å². The Labute approximate surface area is 86.1 Å². The molecule has 1 amide bonds. The van der Waals surface area contributed by atoms with E-state index in [1.807, 2.05) is 11.8 Å². The molecule has 0 atom stereocenters. The Kier molecular flexibility index (Phi) is 4.94. The van der Waals surface area contributed by atoms with Crippen LogP contribution in [0.15, 0.2) is 0 Å². The lowest BCUT2D eigenvalue weighted by molar-refractivity contribution is -0.134. The summed E-state index contributed by atoms with van der Waals surface area (Å²) in [6.45, 7) is 2.62. The van der Waals surface area contributed by atoms with Gasteiger partial charge < -0.3 is 10.0 Å². The summed E-state index contributed by atoms with van der Waals surface area (Å²) in [6.07, 6.45) is 6.22. The van der Waals surface area contributed by atoms with Gasteiger partial charge in [0, 0.05) is 19.0 Å². The molecule has 1 rings (SSSR count). The van der Waals surface area contributed by atoms with Crippen LogP contribution in [0.4, 0.5) is 0 Å². The topological polar surface area (TPSA) is 40.5 Å². The standard InChI is InChI=1S/C11H21NO2/c1-2-5-11(14)12(8-9-13)10-6-3-4-7-10/h10,13H,2-9H2,1H3. The fraction of sp³-hybridized carbons (Fsp3) is 0.909. The molecule has 0 aliphatic heterocycles. The number of amides is 1. The second-order valence-electron chi connectivity index (χ2n) is 4.00. The molecule has 14 heavy (non-hydrogen) atoms. The van der Waals surface area contributed by atoms with Crippen molar-refractivity contribution in [1.82, 2.24) is 4.90 Å². The Bertz CT molecular complexity index is 176. The zero-order valence-corrected chi connectivity index (χ0v) is 9.04. The quantitative estimate of drug-likeness (QED) is 0.729. The molecule has 0 radical (unpaired) electrons. The first-order valence-corrected chi connectivity index (χ1v) is 5.70. The monoisotopic (exact) mass is 199 g/mol. The summed E-state index contributed by atoms with van der Waals surface area (Å²) in [5.74, 6) is 0.216. The van der Waals surface area contributed by atoms with Crippen molar-refractivity contribution in [3.05, 3.63) is 0 Å². The van der Waals surface area contributed by atoms with Gasteiger partial charge in [-0.15, -0.1) is 0 Å². The summed E-state index contributed by atoms with van der Waals surface area (Å²) in [5, 5.41) is 8.92. The number of nitrogens with zero attached hydrogens (tertiary/aromatic N) is 1. The highest BCUT2D eigenvalue weighted by atomic mass is 16.3. The van der Waals surface area contributed by atoms with Crippen molar-refractivity contribution in [2.24, 2.45) is 0 Å². The molecule has 1 fully saturated rings. The van der Waals surface area contributed by atoms with Crippen molar-refractivity contribution in [2.75, 3.05) is 13.2 Å².